The van der Waals surface area contributed by atoms with Crippen LogP contribution in [0.4, 0.5) is 11.5 Å². The SMILES string of the molecule is CSc1nc(N2CCN(c3cccc(Cl)c3)CC2)c2c3c(sc2n1)CCCC3. The van der Waals surface area contributed by atoms with Gasteiger partial charge in [0.1, 0.15) is 10.6 Å². The fourth-order valence-corrected chi connectivity index (χ4v) is 6.15. The Morgan fingerprint density at radius 1 is 1.04 bits per heavy atom. The molecule has 0 radical (unpaired) electrons. The minimum Gasteiger partial charge on any atom is -0.368 e. The Bertz CT molecular complexity index is 1010. The smallest absolute Gasteiger partial charge is 0.190 e. The van der Waals surface area contributed by atoms with Crippen molar-refractivity contribution in [2.75, 3.05) is 42.2 Å². The number of thioether (sulfide) groups is 1. The lowest BCUT2D eigenvalue weighted by Crippen LogP contribution is -2.47. The summed E-state index contributed by atoms with van der Waals surface area (Å²) >= 11 is 9.72. The second kappa shape index (κ2) is 7.73. The second-order valence-electron chi connectivity index (χ2n) is 7.38. The van der Waals surface area contributed by atoms with Crippen LogP contribution in [0.3, 0.4) is 0 Å². The minimum atomic E-state index is 0.798. The summed E-state index contributed by atoms with van der Waals surface area (Å²) in [6, 6.07) is 8.16. The number of aromatic nitrogens is 2. The molecular weight excluding hydrogens is 408 g/mol. The van der Waals surface area contributed by atoms with E-state index < -0.39 is 0 Å². The van der Waals surface area contributed by atoms with Gasteiger partial charge in [-0.2, -0.15) is 0 Å². The molecule has 3 aromatic rings. The van der Waals surface area contributed by atoms with Crippen molar-refractivity contribution < 1.29 is 0 Å². The van der Waals surface area contributed by atoms with Gasteiger partial charge in [-0.15, -0.1) is 11.3 Å². The summed E-state index contributed by atoms with van der Waals surface area (Å²) in [6.07, 6.45) is 7.02. The molecular formula is C21H23ClN4S2. The summed E-state index contributed by atoms with van der Waals surface area (Å²) in [7, 11) is 0. The third kappa shape index (κ3) is 3.36. The van der Waals surface area contributed by atoms with Crippen LogP contribution in [-0.4, -0.2) is 42.4 Å². The highest BCUT2D eigenvalue weighted by atomic mass is 35.5. The van der Waals surface area contributed by atoms with Gasteiger partial charge in [0.25, 0.3) is 0 Å². The second-order valence-corrected chi connectivity index (χ2v) is 9.67. The number of aryl methyl sites for hydroxylation is 2. The van der Waals surface area contributed by atoms with Crippen molar-refractivity contribution in [1.29, 1.82) is 0 Å². The monoisotopic (exact) mass is 430 g/mol. The molecule has 3 heterocycles. The van der Waals surface area contributed by atoms with Crippen LogP contribution in [0, 0.1) is 0 Å². The summed E-state index contributed by atoms with van der Waals surface area (Å²) in [4.78, 5) is 17.4. The number of benzene rings is 1. The molecule has 1 aromatic carbocycles. The number of halogens is 1. The number of thiophene rings is 1. The molecule has 0 bridgehead atoms. The Morgan fingerprint density at radius 3 is 2.61 bits per heavy atom. The van der Waals surface area contributed by atoms with Crippen molar-refractivity contribution in [2.24, 2.45) is 0 Å². The zero-order chi connectivity index (χ0) is 19.1. The molecule has 4 nitrogen and oxygen atoms in total. The van der Waals surface area contributed by atoms with E-state index in [0.717, 1.165) is 42.2 Å². The van der Waals surface area contributed by atoms with Gasteiger partial charge in [-0.1, -0.05) is 29.4 Å². The summed E-state index contributed by atoms with van der Waals surface area (Å²) < 4.78 is 0. The van der Waals surface area contributed by atoms with E-state index in [1.165, 1.54) is 52.0 Å². The van der Waals surface area contributed by atoms with Gasteiger partial charge >= 0.3 is 0 Å². The number of fused-ring (bicyclic) bond motifs is 3. The van der Waals surface area contributed by atoms with Crippen molar-refractivity contribution in [3.63, 3.8) is 0 Å². The zero-order valence-corrected chi connectivity index (χ0v) is 18.3. The highest BCUT2D eigenvalue weighted by molar-refractivity contribution is 7.98. The predicted molar refractivity (Wildman–Crippen MR) is 122 cm³/mol. The van der Waals surface area contributed by atoms with Crippen LogP contribution in [0.15, 0.2) is 29.4 Å². The van der Waals surface area contributed by atoms with Crippen LogP contribution in [0.5, 0.6) is 0 Å². The number of hydrogen-bond acceptors (Lipinski definition) is 6. The van der Waals surface area contributed by atoms with E-state index in [4.69, 9.17) is 21.6 Å². The van der Waals surface area contributed by atoms with Crippen LogP contribution in [0.2, 0.25) is 5.02 Å². The van der Waals surface area contributed by atoms with Crippen molar-refractivity contribution >= 4 is 56.4 Å². The van der Waals surface area contributed by atoms with E-state index in [1.807, 2.05) is 23.5 Å². The highest BCUT2D eigenvalue weighted by Gasteiger charge is 2.26. The average Bonchev–Trinajstić information content (AvgIpc) is 3.11. The number of piperazine rings is 1. The van der Waals surface area contributed by atoms with Crippen molar-refractivity contribution in [2.45, 2.75) is 30.8 Å². The molecule has 2 aromatic heterocycles. The molecule has 146 valence electrons. The zero-order valence-electron chi connectivity index (χ0n) is 15.9. The molecule has 28 heavy (non-hydrogen) atoms. The molecule has 1 saturated heterocycles. The molecule has 0 N–H and O–H groups in total. The Hall–Kier alpha value is -1.50. The first-order chi connectivity index (χ1) is 13.7. The fraction of sp³-hybridized carbons (Fsp3) is 0.429. The molecule has 0 atom stereocenters. The van der Waals surface area contributed by atoms with Gasteiger partial charge < -0.3 is 9.80 Å². The average molecular weight is 431 g/mol. The summed E-state index contributed by atoms with van der Waals surface area (Å²) in [5.41, 5.74) is 2.73. The Morgan fingerprint density at radius 2 is 1.82 bits per heavy atom. The van der Waals surface area contributed by atoms with Gasteiger partial charge in [0.2, 0.25) is 0 Å². The molecule has 0 unspecified atom stereocenters. The van der Waals surface area contributed by atoms with Gasteiger partial charge in [-0.25, -0.2) is 9.97 Å². The molecule has 1 fully saturated rings. The Balaban J connectivity index is 1.47. The Kier molecular flexibility index (Phi) is 5.11. The van der Waals surface area contributed by atoms with Crippen LogP contribution in [0.1, 0.15) is 23.3 Å². The molecule has 7 heteroatoms. The first-order valence-electron chi connectivity index (χ1n) is 9.84. The van der Waals surface area contributed by atoms with E-state index in [9.17, 15) is 0 Å². The van der Waals surface area contributed by atoms with Crippen LogP contribution < -0.4 is 9.80 Å². The van der Waals surface area contributed by atoms with E-state index >= 15 is 0 Å². The highest BCUT2D eigenvalue weighted by Crippen LogP contribution is 2.40. The molecule has 0 amide bonds. The number of nitrogens with zero attached hydrogens (tertiary/aromatic N) is 4. The van der Waals surface area contributed by atoms with Crippen LogP contribution >= 0.6 is 34.7 Å². The minimum absolute atomic E-state index is 0.798. The summed E-state index contributed by atoms with van der Waals surface area (Å²) in [6.45, 7) is 3.90. The first kappa shape index (κ1) is 18.5. The Labute approximate surface area is 178 Å². The quantitative estimate of drug-likeness (QED) is 0.417. The van der Waals surface area contributed by atoms with E-state index in [0.29, 0.717) is 0 Å². The van der Waals surface area contributed by atoms with Crippen LogP contribution in [-0.2, 0) is 12.8 Å². The number of anilines is 2. The fourth-order valence-electron chi connectivity index (χ4n) is 4.29. The lowest BCUT2D eigenvalue weighted by molar-refractivity contribution is 0.645. The number of rotatable bonds is 3. The topological polar surface area (TPSA) is 32.3 Å². The van der Waals surface area contributed by atoms with Gasteiger partial charge in [-0.05, 0) is 55.7 Å². The van der Waals surface area contributed by atoms with Gasteiger partial charge in [0, 0.05) is 41.8 Å². The maximum Gasteiger partial charge on any atom is 0.190 e. The molecule has 1 aliphatic carbocycles. The van der Waals surface area contributed by atoms with Crippen LogP contribution in [0.25, 0.3) is 10.2 Å². The van der Waals surface area contributed by atoms with E-state index in [1.54, 1.807) is 11.8 Å². The maximum absolute atomic E-state index is 6.19. The summed E-state index contributed by atoms with van der Waals surface area (Å²) in [5.74, 6) is 1.15. The predicted octanol–water partition coefficient (Wildman–Crippen LogP) is 5.27. The molecule has 1 aliphatic heterocycles. The summed E-state index contributed by atoms with van der Waals surface area (Å²) in [5, 5.41) is 3.01. The number of hydrogen-bond donors (Lipinski definition) is 0. The van der Waals surface area contributed by atoms with E-state index in [-0.39, 0.29) is 0 Å². The van der Waals surface area contributed by atoms with Crippen molar-refractivity contribution in [3.8, 4) is 0 Å². The van der Waals surface area contributed by atoms with E-state index in [2.05, 4.69) is 28.2 Å². The van der Waals surface area contributed by atoms with Crippen molar-refractivity contribution in [1.82, 2.24) is 9.97 Å². The largest absolute Gasteiger partial charge is 0.368 e. The molecule has 0 saturated carbocycles. The van der Waals surface area contributed by atoms with Gasteiger partial charge in [-0.3, -0.25) is 0 Å². The van der Waals surface area contributed by atoms with Gasteiger partial charge in [0.05, 0.1) is 5.39 Å². The molecule has 2 aliphatic rings. The third-order valence-electron chi connectivity index (χ3n) is 5.71. The molecule has 0 spiro atoms. The normalized spacial score (nSPS) is 17.2. The standard InChI is InChI=1S/C21H23ClN4S2/c1-27-21-23-19(18-16-7-2-3-8-17(16)28-20(18)24-21)26-11-9-25(10-12-26)15-6-4-5-14(22)13-15/h4-6,13H,2-3,7-12H2,1H3. The van der Waals surface area contributed by atoms with Crippen molar-refractivity contribution in [3.05, 3.63) is 39.7 Å². The first-order valence-corrected chi connectivity index (χ1v) is 12.3. The van der Waals surface area contributed by atoms with Gasteiger partial charge in [0.15, 0.2) is 5.16 Å². The lowest BCUT2D eigenvalue weighted by atomic mass is 9.97. The molecule has 5 rings (SSSR count). The lowest BCUT2D eigenvalue weighted by Gasteiger charge is -2.37. The maximum atomic E-state index is 6.19. The third-order valence-corrected chi connectivity index (χ3v) is 7.68.